The molecule has 2 rings (SSSR count). The summed E-state index contributed by atoms with van der Waals surface area (Å²) in [4.78, 5) is 11.7. The van der Waals surface area contributed by atoms with Gasteiger partial charge in [-0.1, -0.05) is 0 Å². The highest BCUT2D eigenvalue weighted by Gasteiger charge is 2.28. The average molecular weight is 313 g/mol. The van der Waals surface area contributed by atoms with Gasteiger partial charge in [0.2, 0.25) is 15.9 Å². The lowest BCUT2D eigenvalue weighted by Crippen LogP contribution is -2.26. The molecule has 116 valence electrons. The molecule has 1 aromatic rings. The molecule has 1 aliphatic rings. The Morgan fingerprint density at radius 1 is 1.43 bits per heavy atom. The Labute approximate surface area is 123 Å². The Kier molecular flexibility index (Phi) is 4.81. The van der Waals surface area contributed by atoms with E-state index in [1.54, 1.807) is 0 Å². The zero-order chi connectivity index (χ0) is 15.5. The molecule has 0 radical (unpaired) electrons. The van der Waals surface area contributed by atoms with E-state index >= 15 is 0 Å². The van der Waals surface area contributed by atoms with Crippen LogP contribution in [0.2, 0.25) is 0 Å². The molecular formula is C13H19N3O4S. The first-order valence-electron chi connectivity index (χ1n) is 6.66. The molecule has 1 saturated carbocycles. The second-order valence-corrected chi connectivity index (χ2v) is 6.56. The lowest BCUT2D eigenvalue weighted by Gasteiger charge is -2.12. The van der Waals surface area contributed by atoms with Gasteiger partial charge in [0.25, 0.3) is 0 Å². The standard InChI is InChI=1S/C13H19N3O4S/c1-20-12-5-4-10(21(18,19)16-9-2-3-9)8-11(12)15-13(17)6-7-14/h4-5,8-9,16H,2-3,6-7,14H2,1H3,(H,15,17). The van der Waals surface area contributed by atoms with Crippen LogP contribution in [0.25, 0.3) is 0 Å². The molecular weight excluding hydrogens is 294 g/mol. The van der Waals surface area contributed by atoms with Gasteiger partial charge < -0.3 is 15.8 Å². The number of hydrogen-bond donors (Lipinski definition) is 3. The summed E-state index contributed by atoms with van der Waals surface area (Å²) < 4.78 is 32.0. The number of carbonyl (C=O) groups is 1. The molecule has 0 saturated heterocycles. The van der Waals surface area contributed by atoms with E-state index in [4.69, 9.17) is 10.5 Å². The van der Waals surface area contributed by atoms with Gasteiger partial charge in [-0.3, -0.25) is 4.79 Å². The van der Waals surface area contributed by atoms with Gasteiger partial charge in [-0.15, -0.1) is 0 Å². The van der Waals surface area contributed by atoms with Crippen LogP contribution in [0.4, 0.5) is 5.69 Å². The fraction of sp³-hybridized carbons (Fsp3) is 0.462. The van der Waals surface area contributed by atoms with E-state index in [0.717, 1.165) is 12.8 Å². The Bertz CT molecular complexity index is 626. The van der Waals surface area contributed by atoms with Crippen LogP contribution < -0.4 is 20.5 Å². The lowest BCUT2D eigenvalue weighted by molar-refractivity contribution is -0.116. The van der Waals surface area contributed by atoms with Crippen LogP contribution >= 0.6 is 0 Å². The van der Waals surface area contributed by atoms with Crippen molar-refractivity contribution in [2.24, 2.45) is 5.73 Å². The third-order valence-electron chi connectivity index (χ3n) is 3.03. The highest BCUT2D eigenvalue weighted by Crippen LogP contribution is 2.29. The molecule has 7 nitrogen and oxygen atoms in total. The van der Waals surface area contributed by atoms with E-state index in [0.29, 0.717) is 11.4 Å². The minimum absolute atomic E-state index is 0.0207. The zero-order valence-corrected chi connectivity index (χ0v) is 12.6. The number of anilines is 1. The second kappa shape index (κ2) is 6.42. The van der Waals surface area contributed by atoms with E-state index in [2.05, 4.69) is 10.0 Å². The first kappa shape index (κ1) is 15.7. The van der Waals surface area contributed by atoms with Gasteiger partial charge in [-0.2, -0.15) is 0 Å². The highest BCUT2D eigenvalue weighted by atomic mass is 32.2. The molecule has 0 atom stereocenters. The number of nitrogens with one attached hydrogen (secondary N) is 2. The molecule has 1 aromatic carbocycles. The van der Waals surface area contributed by atoms with Crippen molar-refractivity contribution in [2.45, 2.75) is 30.2 Å². The maximum Gasteiger partial charge on any atom is 0.240 e. The minimum Gasteiger partial charge on any atom is -0.495 e. The first-order valence-corrected chi connectivity index (χ1v) is 8.15. The van der Waals surface area contributed by atoms with Crippen molar-refractivity contribution < 1.29 is 17.9 Å². The number of amides is 1. The van der Waals surface area contributed by atoms with Crippen molar-refractivity contribution in [3.8, 4) is 5.75 Å². The maximum absolute atomic E-state index is 12.2. The van der Waals surface area contributed by atoms with Gasteiger partial charge in [-0.25, -0.2) is 13.1 Å². The summed E-state index contributed by atoms with van der Waals surface area (Å²) in [6, 6.07) is 4.37. The summed E-state index contributed by atoms with van der Waals surface area (Å²) in [6.07, 6.45) is 1.87. The van der Waals surface area contributed by atoms with Gasteiger partial charge in [0.05, 0.1) is 17.7 Å². The van der Waals surface area contributed by atoms with Crippen LogP contribution in [0.3, 0.4) is 0 Å². The average Bonchev–Trinajstić information content (AvgIpc) is 3.22. The fourth-order valence-electron chi connectivity index (χ4n) is 1.78. The molecule has 1 amide bonds. The van der Waals surface area contributed by atoms with Crippen LogP contribution in [0.5, 0.6) is 5.75 Å². The van der Waals surface area contributed by atoms with Crippen LogP contribution in [-0.2, 0) is 14.8 Å². The molecule has 4 N–H and O–H groups in total. The van der Waals surface area contributed by atoms with Crippen LogP contribution in [0, 0.1) is 0 Å². The summed E-state index contributed by atoms with van der Waals surface area (Å²) in [5.41, 5.74) is 5.63. The number of ether oxygens (including phenoxy) is 1. The summed E-state index contributed by atoms with van der Waals surface area (Å²) in [5, 5.41) is 2.61. The summed E-state index contributed by atoms with van der Waals surface area (Å²) in [6.45, 7) is 0.218. The first-order chi connectivity index (χ1) is 9.96. The number of rotatable bonds is 7. The monoisotopic (exact) mass is 313 g/mol. The lowest BCUT2D eigenvalue weighted by atomic mass is 10.2. The maximum atomic E-state index is 12.2. The SMILES string of the molecule is COc1ccc(S(=O)(=O)NC2CC2)cc1NC(=O)CCN. The van der Waals surface area contributed by atoms with Crippen molar-refractivity contribution >= 4 is 21.6 Å². The van der Waals surface area contributed by atoms with Gasteiger partial charge >= 0.3 is 0 Å². The minimum atomic E-state index is -3.57. The molecule has 1 fully saturated rings. The Hall–Kier alpha value is -1.64. The fourth-order valence-corrected chi connectivity index (χ4v) is 3.12. The molecule has 0 aliphatic heterocycles. The van der Waals surface area contributed by atoms with E-state index in [-0.39, 0.29) is 29.8 Å². The summed E-state index contributed by atoms with van der Waals surface area (Å²) >= 11 is 0. The van der Waals surface area contributed by atoms with Crippen LogP contribution in [0.15, 0.2) is 23.1 Å². The van der Waals surface area contributed by atoms with E-state index in [1.165, 1.54) is 25.3 Å². The number of nitrogens with two attached hydrogens (primary N) is 1. The van der Waals surface area contributed by atoms with Crippen LogP contribution in [-0.4, -0.2) is 34.0 Å². The second-order valence-electron chi connectivity index (χ2n) is 4.84. The number of sulfonamides is 1. The van der Waals surface area contributed by atoms with Gasteiger partial charge in [0, 0.05) is 19.0 Å². The normalized spacial score (nSPS) is 14.8. The smallest absolute Gasteiger partial charge is 0.240 e. The number of carbonyl (C=O) groups excluding carboxylic acids is 1. The van der Waals surface area contributed by atoms with E-state index < -0.39 is 10.0 Å². The quantitative estimate of drug-likeness (QED) is 0.676. The number of methoxy groups -OCH3 is 1. The summed E-state index contributed by atoms with van der Waals surface area (Å²) in [5.74, 6) is 0.103. The Morgan fingerprint density at radius 3 is 2.71 bits per heavy atom. The number of hydrogen-bond acceptors (Lipinski definition) is 5. The van der Waals surface area contributed by atoms with Crippen molar-refractivity contribution in [3.63, 3.8) is 0 Å². The molecule has 8 heteroatoms. The van der Waals surface area contributed by atoms with E-state index in [1.807, 2.05) is 0 Å². The van der Waals surface area contributed by atoms with Gasteiger partial charge in [-0.05, 0) is 31.0 Å². The van der Waals surface area contributed by atoms with Crippen molar-refractivity contribution in [3.05, 3.63) is 18.2 Å². The molecule has 0 spiro atoms. The van der Waals surface area contributed by atoms with E-state index in [9.17, 15) is 13.2 Å². The highest BCUT2D eigenvalue weighted by molar-refractivity contribution is 7.89. The number of benzene rings is 1. The Balaban J connectivity index is 2.25. The molecule has 0 heterocycles. The topological polar surface area (TPSA) is 111 Å². The predicted octanol–water partition coefficient (Wildman–Crippen LogP) is 0.423. The van der Waals surface area contributed by atoms with Crippen molar-refractivity contribution in [2.75, 3.05) is 19.0 Å². The third-order valence-corrected chi connectivity index (χ3v) is 4.54. The van der Waals surface area contributed by atoms with Gasteiger partial charge in [0.1, 0.15) is 5.75 Å². The van der Waals surface area contributed by atoms with Gasteiger partial charge in [0.15, 0.2) is 0 Å². The molecule has 0 bridgehead atoms. The van der Waals surface area contributed by atoms with Crippen LogP contribution in [0.1, 0.15) is 19.3 Å². The van der Waals surface area contributed by atoms with Crippen molar-refractivity contribution in [1.29, 1.82) is 0 Å². The largest absolute Gasteiger partial charge is 0.495 e. The third kappa shape index (κ3) is 4.16. The molecule has 0 unspecified atom stereocenters. The Morgan fingerprint density at radius 2 is 2.14 bits per heavy atom. The zero-order valence-electron chi connectivity index (χ0n) is 11.8. The summed E-state index contributed by atoms with van der Waals surface area (Å²) in [7, 11) is -2.13. The predicted molar refractivity (Wildman–Crippen MR) is 78.6 cm³/mol. The van der Waals surface area contributed by atoms with Crippen molar-refractivity contribution in [1.82, 2.24) is 4.72 Å². The molecule has 21 heavy (non-hydrogen) atoms. The molecule has 1 aliphatic carbocycles. The molecule has 0 aromatic heterocycles.